The second-order valence-electron chi connectivity index (χ2n) is 5.67. The molecule has 2 saturated heterocycles. The number of benzene rings is 1. The van der Waals surface area contributed by atoms with Crippen LogP contribution in [0.5, 0.6) is 0 Å². The average Bonchev–Trinajstić information content (AvgIpc) is 2.36. The molecule has 1 aromatic carbocycles. The highest BCUT2D eigenvalue weighted by Gasteiger charge is 2.43. The third-order valence-corrected chi connectivity index (χ3v) is 4.97. The van der Waals surface area contributed by atoms with E-state index in [1.807, 2.05) is 0 Å². The molecule has 1 N–H and O–H groups in total. The third kappa shape index (κ3) is 2.36. The van der Waals surface area contributed by atoms with Gasteiger partial charge in [0.2, 0.25) is 0 Å². The molecule has 98 valence electrons. The zero-order chi connectivity index (χ0) is 12.4. The van der Waals surface area contributed by atoms with Crippen LogP contribution in [-0.2, 0) is 10.2 Å². The van der Waals surface area contributed by atoms with E-state index in [-0.39, 0.29) is 5.41 Å². The van der Waals surface area contributed by atoms with Gasteiger partial charge in [-0.3, -0.25) is 0 Å². The molecule has 18 heavy (non-hydrogen) atoms. The minimum Gasteiger partial charge on any atom is -0.379 e. The maximum absolute atomic E-state index is 5.55. The monoisotopic (exact) mass is 309 g/mol. The van der Waals surface area contributed by atoms with Gasteiger partial charge in [0.1, 0.15) is 0 Å². The maximum atomic E-state index is 5.55. The molecule has 2 aliphatic rings. The summed E-state index contributed by atoms with van der Waals surface area (Å²) in [5.74, 6) is 0.801. The first-order valence-electron chi connectivity index (χ1n) is 6.84. The summed E-state index contributed by atoms with van der Waals surface area (Å²) >= 11 is 3.70. The minimum absolute atomic E-state index is 0.254. The average molecular weight is 310 g/mol. The predicted octanol–water partition coefficient (Wildman–Crippen LogP) is 3.11. The molecule has 3 heteroatoms. The Morgan fingerprint density at radius 3 is 2.78 bits per heavy atom. The topological polar surface area (TPSA) is 21.3 Å². The number of ether oxygens (including phenoxy) is 1. The summed E-state index contributed by atoms with van der Waals surface area (Å²) in [7, 11) is 0. The van der Waals surface area contributed by atoms with Gasteiger partial charge in [0.25, 0.3) is 0 Å². The van der Waals surface area contributed by atoms with Crippen LogP contribution in [0.15, 0.2) is 28.7 Å². The summed E-state index contributed by atoms with van der Waals surface area (Å²) in [4.78, 5) is 0. The molecule has 2 aliphatic heterocycles. The van der Waals surface area contributed by atoms with E-state index in [1.165, 1.54) is 42.4 Å². The van der Waals surface area contributed by atoms with Crippen molar-refractivity contribution in [1.29, 1.82) is 0 Å². The lowest BCUT2D eigenvalue weighted by atomic mass is 9.71. The Kier molecular flexibility index (Phi) is 3.73. The zero-order valence-electron chi connectivity index (χ0n) is 10.6. The first kappa shape index (κ1) is 12.6. The van der Waals surface area contributed by atoms with Gasteiger partial charge in [0.15, 0.2) is 0 Å². The van der Waals surface area contributed by atoms with Gasteiger partial charge in [0, 0.05) is 9.89 Å². The van der Waals surface area contributed by atoms with Crippen molar-refractivity contribution >= 4 is 15.9 Å². The highest BCUT2D eigenvalue weighted by Crippen LogP contribution is 2.42. The first-order chi connectivity index (χ1) is 8.80. The highest BCUT2D eigenvalue weighted by atomic mass is 79.9. The second-order valence-corrected chi connectivity index (χ2v) is 6.52. The lowest BCUT2D eigenvalue weighted by molar-refractivity contribution is -0.0730. The molecule has 1 unspecified atom stereocenters. The fraction of sp³-hybridized carbons (Fsp3) is 0.600. The molecule has 0 bridgehead atoms. The van der Waals surface area contributed by atoms with Crippen LogP contribution in [0.1, 0.15) is 24.8 Å². The van der Waals surface area contributed by atoms with Crippen molar-refractivity contribution in [2.75, 3.05) is 26.3 Å². The zero-order valence-corrected chi connectivity index (χ0v) is 12.2. The van der Waals surface area contributed by atoms with E-state index in [2.05, 4.69) is 45.5 Å². The van der Waals surface area contributed by atoms with Gasteiger partial charge >= 0.3 is 0 Å². The Bertz CT molecular complexity index is 411. The molecule has 0 aromatic heterocycles. The summed E-state index contributed by atoms with van der Waals surface area (Å²) in [6.45, 7) is 4.12. The van der Waals surface area contributed by atoms with E-state index in [1.54, 1.807) is 0 Å². The van der Waals surface area contributed by atoms with Gasteiger partial charge in [-0.25, -0.2) is 0 Å². The first-order valence-corrected chi connectivity index (χ1v) is 7.63. The normalized spacial score (nSPS) is 26.6. The van der Waals surface area contributed by atoms with Crippen molar-refractivity contribution in [3.8, 4) is 0 Å². The molecule has 0 saturated carbocycles. The van der Waals surface area contributed by atoms with Crippen LogP contribution in [-0.4, -0.2) is 26.3 Å². The molecule has 0 aliphatic carbocycles. The lowest BCUT2D eigenvalue weighted by Crippen LogP contribution is -2.49. The van der Waals surface area contributed by atoms with Crippen LogP contribution in [0.2, 0.25) is 0 Å². The lowest BCUT2D eigenvalue weighted by Gasteiger charge is -2.45. The van der Waals surface area contributed by atoms with Crippen LogP contribution in [0.25, 0.3) is 0 Å². The molecule has 2 fully saturated rings. The van der Waals surface area contributed by atoms with Gasteiger partial charge in [-0.1, -0.05) is 34.1 Å². The number of hydrogen-bond acceptors (Lipinski definition) is 2. The number of halogens is 1. The molecule has 3 rings (SSSR count). The van der Waals surface area contributed by atoms with Gasteiger partial charge in [-0.05, 0) is 49.9 Å². The molecule has 1 atom stereocenters. The van der Waals surface area contributed by atoms with Crippen molar-refractivity contribution in [2.24, 2.45) is 5.92 Å². The van der Waals surface area contributed by atoms with E-state index in [0.29, 0.717) is 0 Å². The molecular formula is C15H20BrNO. The quantitative estimate of drug-likeness (QED) is 0.926. The van der Waals surface area contributed by atoms with Crippen molar-refractivity contribution < 1.29 is 4.74 Å². The van der Waals surface area contributed by atoms with Crippen molar-refractivity contribution in [1.82, 2.24) is 5.32 Å². The summed E-state index contributed by atoms with van der Waals surface area (Å²) in [5.41, 5.74) is 1.69. The van der Waals surface area contributed by atoms with E-state index in [4.69, 9.17) is 4.74 Å². The van der Waals surface area contributed by atoms with Gasteiger partial charge in [-0.15, -0.1) is 0 Å². The molecule has 0 spiro atoms. The molecule has 0 radical (unpaired) electrons. The Hall–Kier alpha value is -0.380. The minimum atomic E-state index is 0.254. The summed E-state index contributed by atoms with van der Waals surface area (Å²) in [5, 5.41) is 3.52. The Labute approximate surface area is 117 Å². The van der Waals surface area contributed by atoms with Gasteiger partial charge < -0.3 is 10.1 Å². The Balaban J connectivity index is 1.79. The Morgan fingerprint density at radius 1 is 1.33 bits per heavy atom. The maximum Gasteiger partial charge on any atom is 0.0586 e. The predicted molar refractivity (Wildman–Crippen MR) is 76.8 cm³/mol. The van der Waals surface area contributed by atoms with Crippen LogP contribution < -0.4 is 5.32 Å². The van der Waals surface area contributed by atoms with E-state index in [9.17, 15) is 0 Å². The fourth-order valence-corrected chi connectivity index (χ4v) is 3.98. The van der Waals surface area contributed by atoms with Crippen LogP contribution in [0, 0.1) is 5.92 Å². The fourth-order valence-electron chi connectivity index (χ4n) is 3.27. The summed E-state index contributed by atoms with van der Waals surface area (Å²) in [6, 6.07) is 8.62. The molecule has 2 nitrogen and oxygen atoms in total. The van der Waals surface area contributed by atoms with Crippen molar-refractivity contribution in [3.63, 3.8) is 0 Å². The number of piperidine rings is 1. The SMILES string of the molecule is Brc1ccccc1C1(CC2CCCNC2)COC1. The molecule has 2 heterocycles. The molecule has 0 amide bonds. The van der Waals surface area contributed by atoms with E-state index in [0.717, 1.165) is 19.1 Å². The Morgan fingerprint density at radius 2 is 2.17 bits per heavy atom. The summed E-state index contributed by atoms with van der Waals surface area (Å²) in [6.07, 6.45) is 3.93. The number of nitrogens with one attached hydrogen (secondary N) is 1. The van der Waals surface area contributed by atoms with Crippen molar-refractivity contribution in [2.45, 2.75) is 24.7 Å². The number of rotatable bonds is 3. The van der Waals surface area contributed by atoms with Crippen LogP contribution >= 0.6 is 15.9 Å². The summed E-state index contributed by atoms with van der Waals surface area (Å²) < 4.78 is 6.78. The van der Waals surface area contributed by atoms with E-state index >= 15 is 0 Å². The van der Waals surface area contributed by atoms with Crippen molar-refractivity contribution in [3.05, 3.63) is 34.3 Å². The largest absolute Gasteiger partial charge is 0.379 e. The van der Waals surface area contributed by atoms with Gasteiger partial charge in [0.05, 0.1) is 13.2 Å². The highest BCUT2D eigenvalue weighted by molar-refractivity contribution is 9.10. The smallest absolute Gasteiger partial charge is 0.0586 e. The standard InChI is InChI=1S/C15H20BrNO/c16-14-6-2-1-5-13(14)15(10-18-11-15)8-12-4-3-7-17-9-12/h1-2,5-6,12,17H,3-4,7-11H2. The van der Waals surface area contributed by atoms with Crippen LogP contribution in [0.3, 0.4) is 0 Å². The van der Waals surface area contributed by atoms with Crippen LogP contribution in [0.4, 0.5) is 0 Å². The van der Waals surface area contributed by atoms with Gasteiger partial charge in [-0.2, -0.15) is 0 Å². The molecule has 1 aromatic rings. The number of hydrogen-bond donors (Lipinski definition) is 1. The molecular weight excluding hydrogens is 290 g/mol. The second kappa shape index (κ2) is 5.32. The van der Waals surface area contributed by atoms with E-state index < -0.39 is 0 Å². The third-order valence-electron chi connectivity index (χ3n) is 4.28.